The molecule has 0 amide bonds. The van der Waals surface area contributed by atoms with Gasteiger partial charge in [-0.1, -0.05) is 55.4 Å². The van der Waals surface area contributed by atoms with E-state index in [1.807, 2.05) is 55.4 Å². The van der Waals surface area contributed by atoms with E-state index >= 15 is 0 Å². The van der Waals surface area contributed by atoms with Gasteiger partial charge in [0.1, 0.15) is 5.25 Å². The summed E-state index contributed by atoms with van der Waals surface area (Å²) in [6, 6.07) is 0. The van der Waals surface area contributed by atoms with Crippen molar-refractivity contribution in [3.8, 4) is 0 Å². The Kier molecular flexibility index (Phi) is 16.9. The predicted molar refractivity (Wildman–Crippen MR) is 113 cm³/mol. The summed E-state index contributed by atoms with van der Waals surface area (Å²) in [5.74, 6) is -3.84. The summed E-state index contributed by atoms with van der Waals surface area (Å²) in [7, 11) is -5.22. The van der Waals surface area contributed by atoms with E-state index in [1.54, 1.807) is 0 Å². The molecule has 0 heterocycles. The van der Waals surface area contributed by atoms with Gasteiger partial charge in [-0.2, -0.15) is 8.42 Å². The first-order valence-electron chi connectivity index (χ1n) is 10.6. The fourth-order valence-electron chi connectivity index (χ4n) is 4.63. The molecule has 178 valence electrons. The molecule has 0 aromatic heterocycles. The Morgan fingerprint density at radius 2 is 1.12 bits per heavy atom. The average molecular weight is 495 g/mol. The summed E-state index contributed by atoms with van der Waals surface area (Å²) < 4.78 is 33.4. The molecule has 3 unspecified atom stereocenters. The van der Waals surface area contributed by atoms with Crippen LogP contribution in [-0.2, 0) is 19.7 Å². The van der Waals surface area contributed by atoms with Crippen molar-refractivity contribution in [2.45, 2.75) is 99.2 Å². The zero-order chi connectivity index (χ0) is 24.1. The third-order valence-corrected chi connectivity index (χ3v) is 6.75. The summed E-state index contributed by atoms with van der Waals surface area (Å²) in [4.78, 5) is 23.9. The van der Waals surface area contributed by atoms with Crippen LogP contribution >= 0.6 is 0 Å². The minimum Gasteiger partial charge on any atom is -0.549 e. The van der Waals surface area contributed by atoms with Gasteiger partial charge in [0.2, 0.25) is 0 Å². The van der Waals surface area contributed by atoms with Gasteiger partial charge < -0.3 is 19.8 Å². The molecule has 0 aliphatic heterocycles. The van der Waals surface area contributed by atoms with Gasteiger partial charge in [-0.15, -0.1) is 0 Å². The Morgan fingerprint density at radius 3 is 1.31 bits per heavy atom. The maximum atomic E-state index is 12.2. The Balaban J connectivity index is -0.00000420. The molecule has 0 rings (SSSR count). The van der Waals surface area contributed by atoms with Gasteiger partial charge in [0, 0.05) is 11.4 Å². The van der Waals surface area contributed by atoms with Crippen LogP contribution in [0, 0.1) is 28.1 Å². The maximum absolute atomic E-state index is 12.2. The van der Waals surface area contributed by atoms with Gasteiger partial charge in [0.25, 0.3) is 10.1 Å². The second kappa shape index (κ2) is 14.4. The molecule has 3 atom stereocenters. The van der Waals surface area contributed by atoms with Crippen LogP contribution in [-0.4, -0.2) is 30.2 Å². The molecule has 0 aliphatic rings. The van der Waals surface area contributed by atoms with E-state index in [0.29, 0.717) is 0 Å². The Morgan fingerprint density at radius 1 is 0.812 bits per heavy atom. The van der Waals surface area contributed by atoms with Crippen molar-refractivity contribution in [2.75, 3.05) is 0 Å². The van der Waals surface area contributed by atoms with E-state index in [1.165, 1.54) is 0 Å². The fraction of sp³-hybridized carbons (Fsp3) is 0.909. The number of rotatable bonds is 12. The van der Waals surface area contributed by atoms with Gasteiger partial charge >= 0.3 is 59.1 Å². The van der Waals surface area contributed by atoms with Crippen molar-refractivity contribution in [1.82, 2.24) is 0 Å². The van der Waals surface area contributed by atoms with Crippen LogP contribution in [0.15, 0.2) is 0 Å². The van der Waals surface area contributed by atoms with Crippen molar-refractivity contribution in [3.05, 3.63) is 0 Å². The molecule has 10 heteroatoms. The zero-order valence-electron chi connectivity index (χ0n) is 21.8. The van der Waals surface area contributed by atoms with Crippen LogP contribution in [0.4, 0.5) is 0 Å². The van der Waals surface area contributed by atoms with E-state index in [9.17, 15) is 32.8 Å². The van der Waals surface area contributed by atoms with Crippen LogP contribution in [0.5, 0.6) is 0 Å². The summed E-state index contributed by atoms with van der Waals surface area (Å²) in [6.45, 7) is 16.0. The number of carboxylic acid groups (broad SMARTS) is 2. The number of carbonyl (C=O) groups is 2. The van der Waals surface area contributed by atoms with E-state index in [4.69, 9.17) is 0 Å². The minimum atomic E-state index is -5.22. The maximum Gasteiger partial charge on any atom is 1.00 e. The normalized spacial score (nSPS) is 17.2. The molecule has 0 aliphatic carbocycles. The summed E-state index contributed by atoms with van der Waals surface area (Å²) in [6.07, 6.45) is 1.62. The van der Waals surface area contributed by atoms with Crippen LogP contribution in [0.1, 0.15) is 93.9 Å². The fourth-order valence-corrected chi connectivity index (χ4v) is 5.78. The molecular formula is C22H40Na2O7S. The molecular weight excluding hydrogens is 454 g/mol. The first-order chi connectivity index (χ1) is 13.2. The second-order valence-electron chi connectivity index (χ2n) is 11.5. The second-order valence-corrected chi connectivity index (χ2v) is 13.0. The van der Waals surface area contributed by atoms with Gasteiger partial charge in [-0.25, -0.2) is 0 Å². The molecule has 0 radical (unpaired) electrons. The van der Waals surface area contributed by atoms with Crippen molar-refractivity contribution < 1.29 is 91.9 Å². The minimum absolute atomic E-state index is 0. The van der Waals surface area contributed by atoms with Crippen LogP contribution in [0.2, 0.25) is 0 Å². The smallest absolute Gasteiger partial charge is 0.549 e. The Bertz CT molecular complexity index is 668. The van der Waals surface area contributed by atoms with E-state index < -0.39 is 32.7 Å². The van der Waals surface area contributed by atoms with E-state index in [2.05, 4.69) is 0 Å². The molecule has 0 spiro atoms. The van der Waals surface area contributed by atoms with Crippen LogP contribution in [0.25, 0.3) is 0 Å². The largest absolute Gasteiger partial charge is 1.00 e. The SMILES string of the molecule is CC(CCC(CCC(C)CC(C)(C)C)(C(=O)[O-])C(C(=O)[O-])S(=O)(=O)O)CC(C)(C)C.[Na+].[Na+]. The number of aliphatic carboxylic acids is 2. The molecule has 0 fully saturated rings. The molecule has 0 saturated heterocycles. The third-order valence-electron chi connectivity index (χ3n) is 5.51. The van der Waals surface area contributed by atoms with Crippen molar-refractivity contribution in [2.24, 2.45) is 28.1 Å². The number of hydrogen-bond acceptors (Lipinski definition) is 6. The Hall–Kier alpha value is 0.850. The van der Waals surface area contributed by atoms with Crippen LogP contribution < -0.4 is 69.3 Å². The summed E-state index contributed by atoms with van der Waals surface area (Å²) >= 11 is 0. The molecule has 0 aromatic rings. The molecule has 0 aromatic carbocycles. The average Bonchev–Trinajstić information content (AvgIpc) is 2.44. The van der Waals surface area contributed by atoms with E-state index in [-0.39, 0.29) is 107 Å². The topological polar surface area (TPSA) is 135 Å². The van der Waals surface area contributed by atoms with Gasteiger partial charge in [-0.05, 0) is 61.2 Å². The van der Waals surface area contributed by atoms with Crippen molar-refractivity contribution in [1.29, 1.82) is 0 Å². The molecule has 7 nitrogen and oxygen atoms in total. The van der Waals surface area contributed by atoms with Gasteiger partial charge in [0.15, 0.2) is 0 Å². The Labute approximate surface area is 239 Å². The quantitative estimate of drug-likeness (QED) is 0.219. The van der Waals surface area contributed by atoms with Crippen molar-refractivity contribution >= 4 is 22.1 Å². The van der Waals surface area contributed by atoms with Crippen molar-refractivity contribution in [3.63, 3.8) is 0 Å². The molecule has 32 heavy (non-hydrogen) atoms. The summed E-state index contributed by atoms with van der Waals surface area (Å²) in [5, 5.41) is 21.4. The third kappa shape index (κ3) is 13.7. The number of hydrogen-bond donors (Lipinski definition) is 1. The predicted octanol–water partition coefficient (Wildman–Crippen LogP) is -3.56. The zero-order valence-corrected chi connectivity index (χ0v) is 26.6. The monoisotopic (exact) mass is 494 g/mol. The molecule has 0 saturated carbocycles. The van der Waals surface area contributed by atoms with Crippen LogP contribution in [0.3, 0.4) is 0 Å². The number of carbonyl (C=O) groups excluding carboxylic acids is 2. The van der Waals surface area contributed by atoms with Gasteiger partial charge in [0.05, 0.1) is 5.97 Å². The molecule has 1 N–H and O–H groups in total. The first kappa shape index (κ1) is 37.4. The van der Waals surface area contributed by atoms with Gasteiger partial charge in [-0.3, -0.25) is 4.55 Å². The molecule has 0 bridgehead atoms. The van der Waals surface area contributed by atoms with E-state index in [0.717, 1.165) is 12.8 Å². The number of carboxylic acids is 2. The first-order valence-corrected chi connectivity index (χ1v) is 12.1. The summed E-state index contributed by atoms with van der Waals surface area (Å²) in [5.41, 5.74) is -2.31. The standard InChI is InChI=1S/C22H42O7S.2Na/c1-15(13-20(3,4)5)9-11-22(19(25)26,17(18(23)24)30(27,28)29)12-10-16(2)14-21(6,7)8;;/h15-17H,9-14H2,1-8H3,(H,23,24)(H,25,26)(H,27,28,29);;/q;2*+1/p-2.